The van der Waals surface area contributed by atoms with Crippen LogP contribution < -0.4 is 5.32 Å². The van der Waals surface area contributed by atoms with Gasteiger partial charge in [-0.15, -0.1) is 11.3 Å². The Morgan fingerprint density at radius 2 is 2.00 bits per heavy atom. The van der Waals surface area contributed by atoms with Crippen LogP contribution in [0.3, 0.4) is 0 Å². The van der Waals surface area contributed by atoms with Gasteiger partial charge in [0.1, 0.15) is 0 Å². The summed E-state index contributed by atoms with van der Waals surface area (Å²) >= 11 is 1.60. The third-order valence-corrected chi connectivity index (χ3v) is 5.23. The lowest BCUT2D eigenvalue weighted by Crippen LogP contribution is -2.26. The van der Waals surface area contributed by atoms with Crippen molar-refractivity contribution in [2.45, 2.75) is 19.4 Å². The molecule has 4 rings (SSSR count). The molecule has 136 valence electrons. The summed E-state index contributed by atoms with van der Waals surface area (Å²) in [5, 5.41) is 10.8. The second-order valence-electron chi connectivity index (χ2n) is 6.17. The van der Waals surface area contributed by atoms with Gasteiger partial charge in [-0.3, -0.25) is 9.59 Å². The van der Waals surface area contributed by atoms with Crippen LogP contribution in [0.15, 0.2) is 69.7 Å². The van der Waals surface area contributed by atoms with Gasteiger partial charge in [0.15, 0.2) is 5.76 Å². The quantitative estimate of drug-likeness (QED) is 0.735. The molecule has 0 bridgehead atoms. The van der Waals surface area contributed by atoms with Gasteiger partial charge in [-0.2, -0.15) is 5.10 Å². The first-order chi connectivity index (χ1) is 13.1. The minimum Gasteiger partial charge on any atom is -0.459 e. The van der Waals surface area contributed by atoms with E-state index >= 15 is 0 Å². The highest BCUT2D eigenvalue weighted by atomic mass is 32.1. The van der Waals surface area contributed by atoms with Crippen LogP contribution in [-0.2, 0) is 4.79 Å². The fourth-order valence-corrected chi connectivity index (χ4v) is 3.85. The van der Waals surface area contributed by atoms with Gasteiger partial charge in [0.2, 0.25) is 5.91 Å². The SMILES string of the molecule is CC(=O)Nc1ccc(C2=NN(C(=O)c3ccco3)[C@H](c3cccs3)C2)cc1. The number of carbonyl (C=O) groups excluding carboxylic acids is 2. The molecule has 3 aromatic rings. The predicted molar refractivity (Wildman–Crippen MR) is 104 cm³/mol. The molecule has 0 radical (unpaired) electrons. The molecule has 6 nitrogen and oxygen atoms in total. The van der Waals surface area contributed by atoms with E-state index in [1.807, 2.05) is 41.8 Å². The molecule has 0 saturated carbocycles. The molecule has 1 N–H and O–H groups in total. The van der Waals surface area contributed by atoms with Gasteiger partial charge < -0.3 is 9.73 Å². The smallest absolute Gasteiger partial charge is 0.310 e. The zero-order chi connectivity index (χ0) is 18.8. The molecule has 0 fully saturated rings. The third kappa shape index (κ3) is 3.54. The lowest BCUT2D eigenvalue weighted by molar-refractivity contribution is -0.114. The molecular formula is C20H17N3O3S. The fourth-order valence-electron chi connectivity index (χ4n) is 3.04. The first kappa shape index (κ1) is 17.2. The number of rotatable bonds is 4. The maximum atomic E-state index is 12.8. The summed E-state index contributed by atoms with van der Waals surface area (Å²) in [6, 6.07) is 14.6. The highest BCUT2D eigenvalue weighted by molar-refractivity contribution is 7.10. The number of nitrogens with one attached hydrogen (secondary N) is 1. The summed E-state index contributed by atoms with van der Waals surface area (Å²) in [6.45, 7) is 1.47. The summed E-state index contributed by atoms with van der Waals surface area (Å²) in [5.41, 5.74) is 2.46. The number of benzene rings is 1. The maximum Gasteiger partial charge on any atom is 0.310 e. The predicted octanol–water partition coefficient (Wildman–Crippen LogP) is 4.29. The molecule has 0 unspecified atom stereocenters. The highest BCUT2D eigenvalue weighted by Crippen LogP contribution is 2.36. The Kier molecular flexibility index (Phi) is 4.60. The van der Waals surface area contributed by atoms with Crippen molar-refractivity contribution in [1.82, 2.24) is 5.01 Å². The summed E-state index contributed by atoms with van der Waals surface area (Å²) in [6.07, 6.45) is 2.10. The first-order valence-electron chi connectivity index (χ1n) is 8.48. The number of thiophene rings is 1. The van der Waals surface area contributed by atoms with Crippen LogP contribution in [0.2, 0.25) is 0 Å². The van der Waals surface area contributed by atoms with Crippen LogP contribution in [0, 0.1) is 0 Å². The molecule has 1 aromatic carbocycles. The molecule has 2 amide bonds. The Morgan fingerprint density at radius 1 is 1.19 bits per heavy atom. The van der Waals surface area contributed by atoms with Gasteiger partial charge in [-0.1, -0.05) is 18.2 Å². The standard InChI is InChI=1S/C20H17N3O3S/c1-13(24)21-15-8-6-14(7-9-15)16-12-17(19-5-3-11-27-19)23(22-16)20(25)18-4-2-10-26-18/h2-11,17H,12H2,1H3,(H,21,24)/t17-/m0/s1. The largest absolute Gasteiger partial charge is 0.459 e. The van der Waals surface area contributed by atoms with Crippen LogP contribution in [0.1, 0.15) is 40.4 Å². The van der Waals surface area contributed by atoms with Gasteiger partial charge in [0.25, 0.3) is 0 Å². The van der Waals surface area contributed by atoms with E-state index in [0.717, 1.165) is 21.8 Å². The molecule has 27 heavy (non-hydrogen) atoms. The molecule has 0 saturated heterocycles. The minimum atomic E-state index is -0.261. The Labute approximate surface area is 160 Å². The summed E-state index contributed by atoms with van der Waals surface area (Å²) in [4.78, 5) is 25.1. The average molecular weight is 379 g/mol. The summed E-state index contributed by atoms with van der Waals surface area (Å²) in [7, 11) is 0. The van der Waals surface area contributed by atoms with Gasteiger partial charge in [-0.25, -0.2) is 5.01 Å². The molecule has 2 aromatic heterocycles. The highest BCUT2D eigenvalue weighted by Gasteiger charge is 2.35. The number of carbonyl (C=O) groups is 2. The number of amides is 2. The van der Waals surface area contributed by atoms with E-state index in [1.165, 1.54) is 18.2 Å². The summed E-state index contributed by atoms with van der Waals surface area (Å²) < 4.78 is 5.27. The van der Waals surface area contributed by atoms with Crippen molar-refractivity contribution < 1.29 is 14.0 Å². The van der Waals surface area contributed by atoms with Crippen LogP contribution in [0.4, 0.5) is 5.69 Å². The van der Waals surface area contributed by atoms with Gasteiger partial charge in [0, 0.05) is 23.9 Å². The fraction of sp³-hybridized carbons (Fsp3) is 0.150. The number of furan rings is 1. The number of hydrogen-bond acceptors (Lipinski definition) is 5. The lowest BCUT2D eigenvalue weighted by atomic mass is 10.0. The van der Waals surface area contributed by atoms with E-state index in [1.54, 1.807) is 23.5 Å². The molecule has 1 aliphatic rings. The van der Waals surface area contributed by atoms with Crippen molar-refractivity contribution in [1.29, 1.82) is 0 Å². The molecular weight excluding hydrogens is 362 g/mol. The molecule has 0 spiro atoms. The summed E-state index contributed by atoms with van der Waals surface area (Å²) in [5.74, 6) is -0.111. The zero-order valence-corrected chi connectivity index (χ0v) is 15.4. The van der Waals surface area contributed by atoms with Crippen molar-refractivity contribution in [2.75, 3.05) is 5.32 Å². The van der Waals surface area contributed by atoms with E-state index in [2.05, 4.69) is 10.4 Å². The van der Waals surface area contributed by atoms with Crippen molar-refractivity contribution in [3.8, 4) is 0 Å². The second kappa shape index (κ2) is 7.20. The number of hydrogen-bond donors (Lipinski definition) is 1. The molecule has 1 aliphatic heterocycles. The van der Waals surface area contributed by atoms with E-state index in [0.29, 0.717) is 6.42 Å². The number of hydrazone groups is 1. The molecule has 1 atom stereocenters. The molecule has 7 heteroatoms. The zero-order valence-electron chi connectivity index (χ0n) is 14.6. The molecule has 3 heterocycles. The Bertz CT molecular complexity index is 976. The number of anilines is 1. The monoisotopic (exact) mass is 379 g/mol. The van der Waals surface area contributed by atoms with Crippen molar-refractivity contribution in [3.05, 3.63) is 76.4 Å². The second-order valence-corrected chi connectivity index (χ2v) is 7.15. The Hall–Kier alpha value is -3.19. The van der Waals surface area contributed by atoms with Crippen molar-refractivity contribution >= 4 is 34.6 Å². The Morgan fingerprint density at radius 3 is 2.63 bits per heavy atom. The average Bonchev–Trinajstić information content (AvgIpc) is 3.41. The van der Waals surface area contributed by atoms with Crippen molar-refractivity contribution in [3.63, 3.8) is 0 Å². The van der Waals surface area contributed by atoms with E-state index < -0.39 is 0 Å². The normalized spacial score (nSPS) is 16.3. The van der Waals surface area contributed by atoms with E-state index in [9.17, 15) is 9.59 Å². The topological polar surface area (TPSA) is 74.9 Å². The lowest BCUT2D eigenvalue weighted by Gasteiger charge is -2.19. The third-order valence-electron chi connectivity index (χ3n) is 4.26. The first-order valence-corrected chi connectivity index (χ1v) is 9.36. The van der Waals surface area contributed by atoms with Gasteiger partial charge >= 0.3 is 5.91 Å². The van der Waals surface area contributed by atoms with Gasteiger partial charge in [0.05, 0.1) is 18.0 Å². The van der Waals surface area contributed by atoms with Crippen LogP contribution in [-0.4, -0.2) is 22.5 Å². The minimum absolute atomic E-state index is 0.117. The van der Waals surface area contributed by atoms with E-state index in [4.69, 9.17) is 4.42 Å². The number of nitrogens with zero attached hydrogens (tertiary/aromatic N) is 2. The van der Waals surface area contributed by atoms with Gasteiger partial charge in [-0.05, 0) is 41.3 Å². The van der Waals surface area contributed by atoms with Crippen LogP contribution >= 0.6 is 11.3 Å². The van der Waals surface area contributed by atoms with Crippen molar-refractivity contribution in [2.24, 2.45) is 5.10 Å². The van der Waals surface area contributed by atoms with Crippen LogP contribution in [0.25, 0.3) is 0 Å². The van der Waals surface area contributed by atoms with E-state index in [-0.39, 0.29) is 23.6 Å². The molecule has 0 aliphatic carbocycles. The Balaban J connectivity index is 1.64. The van der Waals surface area contributed by atoms with Crippen LogP contribution in [0.5, 0.6) is 0 Å². The maximum absolute atomic E-state index is 12.8.